The zero-order valence-electron chi connectivity index (χ0n) is 11.1. The van der Waals surface area contributed by atoms with Crippen LogP contribution in [0.5, 0.6) is 0 Å². The topological polar surface area (TPSA) is 51.5 Å². The van der Waals surface area contributed by atoms with Crippen molar-refractivity contribution in [3.63, 3.8) is 0 Å². The lowest BCUT2D eigenvalue weighted by atomic mass is 10.0. The molecule has 1 aromatic heterocycles. The van der Waals surface area contributed by atoms with Gasteiger partial charge in [-0.2, -0.15) is 0 Å². The average Bonchev–Trinajstić information content (AvgIpc) is 2.92. The largest absolute Gasteiger partial charge is 0.464 e. The second-order valence-corrected chi connectivity index (χ2v) is 4.26. The molecule has 0 atom stereocenters. The molecule has 4 nitrogen and oxygen atoms in total. The Morgan fingerprint density at radius 1 is 1.37 bits per heavy atom. The number of rotatable bonds is 5. The number of methoxy groups -OCH3 is 1. The number of benzene rings is 1. The van der Waals surface area contributed by atoms with Crippen molar-refractivity contribution in [3.8, 4) is 11.3 Å². The van der Waals surface area contributed by atoms with Gasteiger partial charge in [0, 0.05) is 24.8 Å². The smallest absolute Gasteiger partial charge is 0.251 e. The summed E-state index contributed by atoms with van der Waals surface area (Å²) in [5.74, 6) is 0.718. The predicted octanol–water partition coefficient (Wildman–Crippen LogP) is 2.63. The van der Waals surface area contributed by atoms with E-state index in [9.17, 15) is 4.79 Å². The van der Waals surface area contributed by atoms with E-state index in [-0.39, 0.29) is 5.91 Å². The normalized spacial score (nSPS) is 10.4. The van der Waals surface area contributed by atoms with Gasteiger partial charge >= 0.3 is 0 Å². The molecule has 1 N–H and O–H groups in total. The minimum Gasteiger partial charge on any atom is -0.464 e. The van der Waals surface area contributed by atoms with Crippen molar-refractivity contribution < 1.29 is 13.9 Å². The Balaban J connectivity index is 2.13. The maximum Gasteiger partial charge on any atom is 0.251 e. The van der Waals surface area contributed by atoms with Gasteiger partial charge in [-0.05, 0) is 36.8 Å². The number of nitrogens with one attached hydrogen (secondary N) is 1. The van der Waals surface area contributed by atoms with E-state index in [0.717, 1.165) is 16.9 Å². The molecule has 0 aliphatic carbocycles. The van der Waals surface area contributed by atoms with Crippen molar-refractivity contribution in [2.24, 2.45) is 0 Å². The molecule has 0 fully saturated rings. The fourth-order valence-corrected chi connectivity index (χ4v) is 1.88. The van der Waals surface area contributed by atoms with Gasteiger partial charge in [0.1, 0.15) is 5.76 Å². The van der Waals surface area contributed by atoms with E-state index in [1.54, 1.807) is 19.4 Å². The van der Waals surface area contributed by atoms with Crippen LogP contribution in [-0.2, 0) is 4.74 Å². The lowest BCUT2D eigenvalue weighted by molar-refractivity contribution is 0.0937. The van der Waals surface area contributed by atoms with Gasteiger partial charge in [-0.15, -0.1) is 0 Å². The summed E-state index contributed by atoms with van der Waals surface area (Å²) in [7, 11) is 1.61. The number of carbonyl (C=O) groups excluding carboxylic acids is 1. The molecule has 4 heteroatoms. The lowest BCUT2D eigenvalue weighted by Gasteiger charge is -2.07. The standard InChI is InChI=1S/C15H17NO3/c1-11-10-12(15(17)16-7-9-18-2)5-6-13(11)14-4-3-8-19-14/h3-6,8,10H,7,9H2,1-2H3,(H,16,17). The van der Waals surface area contributed by atoms with E-state index in [1.165, 1.54) is 0 Å². The van der Waals surface area contributed by atoms with Gasteiger partial charge in [0.05, 0.1) is 12.9 Å². The summed E-state index contributed by atoms with van der Waals surface area (Å²) in [6.45, 7) is 2.98. The number of aryl methyl sites for hydroxylation is 1. The summed E-state index contributed by atoms with van der Waals surface area (Å²) in [4.78, 5) is 11.9. The molecule has 0 saturated heterocycles. The van der Waals surface area contributed by atoms with Gasteiger partial charge in [0.2, 0.25) is 0 Å². The second kappa shape index (κ2) is 6.20. The third-order valence-corrected chi connectivity index (χ3v) is 2.87. The van der Waals surface area contributed by atoms with E-state index in [2.05, 4.69) is 5.32 Å². The minimum atomic E-state index is -0.0915. The first-order valence-electron chi connectivity index (χ1n) is 6.14. The van der Waals surface area contributed by atoms with Gasteiger partial charge in [-0.3, -0.25) is 4.79 Å². The number of hydrogen-bond acceptors (Lipinski definition) is 3. The van der Waals surface area contributed by atoms with Crippen molar-refractivity contribution in [2.45, 2.75) is 6.92 Å². The number of carbonyl (C=O) groups is 1. The summed E-state index contributed by atoms with van der Waals surface area (Å²) in [6, 6.07) is 9.31. The summed E-state index contributed by atoms with van der Waals surface area (Å²) in [5.41, 5.74) is 2.65. The molecule has 1 aromatic carbocycles. The molecule has 0 radical (unpaired) electrons. The molecule has 0 aliphatic rings. The predicted molar refractivity (Wildman–Crippen MR) is 73.1 cm³/mol. The monoisotopic (exact) mass is 259 g/mol. The third kappa shape index (κ3) is 3.23. The van der Waals surface area contributed by atoms with Gasteiger partial charge in [0.15, 0.2) is 0 Å². The first-order valence-corrected chi connectivity index (χ1v) is 6.14. The summed E-state index contributed by atoms with van der Waals surface area (Å²) in [5, 5.41) is 2.79. The van der Waals surface area contributed by atoms with Gasteiger partial charge in [-0.1, -0.05) is 6.07 Å². The molecule has 0 aliphatic heterocycles. The lowest BCUT2D eigenvalue weighted by Crippen LogP contribution is -2.26. The molecule has 0 bridgehead atoms. The van der Waals surface area contributed by atoms with Crippen LogP contribution in [0.25, 0.3) is 11.3 Å². The fourth-order valence-electron chi connectivity index (χ4n) is 1.88. The van der Waals surface area contributed by atoms with Crippen molar-refractivity contribution in [3.05, 3.63) is 47.7 Å². The molecule has 0 unspecified atom stereocenters. The Morgan fingerprint density at radius 2 is 2.21 bits per heavy atom. The summed E-state index contributed by atoms with van der Waals surface area (Å²) in [6.07, 6.45) is 1.64. The van der Waals surface area contributed by atoms with Crippen LogP contribution in [0, 0.1) is 6.92 Å². The highest BCUT2D eigenvalue weighted by atomic mass is 16.5. The Hall–Kier alpha value is -2.07. The number of ether oxygens (including phenoxy) is 1. The Kier molecular flexibility index (Phi) is 4.36. The minimum absolute atomic E-state index is 0.0915. The fraction of sp³-hybridized carbons (Fsp3) is 0.267. The van der Waals surface area contributed by atoms with Crippen LogP contribution in [0.1, 0.15) is 15.9 Å². The molecule has 19 heavy (non-hydrogen) atoms. The van der Waals surface area contributed by atoms with Gasteiger partial charge in [-0.25, -0.2) is 0 Å². The summed E-state index contributed by atoms with van der Waals surface area (Å²) >= 11 is 0. The molecule has 1 amide bonds. The number of furan rings is 1. The zero-order chi connectivity index (χ0) is 13.7. The maximum atomic E-state index is 11.9. The molecule has 0 spiro atoms. The van der Waals surface area contributed by atoms with Crippen LogP contribution in [0.2, 0.25) is 0 Å². The van der Waals surface area contributed by atoms with Crippen LogP contribution >= 0.6 is 0 Å². The highest BCUT2D eigenvalue weighted by Gasteiger charge is 2.09. The number of amides is 1. The highest BCUT2D eigenvalue weighted by Crippen LogP contribution is 2.24. The molecular formula is C15H17NO3. The maximum absolute atomic E-state index is 11.9. The third-order valence-electron chi connectivity index (χ3n) is 2.87. The van der Waals surface area contributed by atoms with Gasteiger partial charge < -0.3 is 14.5 Å². The Bertz CT molecular complexity index is 547. The Labute approximate surface area is 112 Å². The van der Waals surface area contributed by atoms with Crippen molar-refractivity contribution in [1.29, 1.82) is 0 Å². The number of hydrogen-bond donors (Lipinski definition) is 1. The van der Waals surface area contributed by atoms with E-state index < -0.39 is 0 Å². The van der Waals surface area contributed by atoms with Crippen LogP contribution < -0.4 is 5.32 Å². The summed E-state index contributed by atoms with van der Waals surface area (Å²) < 4.78 is 10.3. The van der Waals surface area contributed by atoms with Gasteiger partial charge in [0.25, 0.3) is 5.91 Å². The Morgan fingerprint density at radius 3 is 2.84 bits per heavy atom. The van der Waals surface area contributed by atoms with Crippen LogP contribution in [0.4, 0.5) is 0 Å². The van der Waals surface area contributed by atoms with Crippen molar-refractivity contribution in [1.82, 2.24) is 5.32 Å². The van der Waals surface area contributed by atoms with Crippen molar-refractivity contribution in [2.75, 3.05) is 20.3 Å². The first kappa shape index (κ1) is 13.4. The van der Waals surface area contributed by atoms with E-state index in [0.29, 0.717) is 18.7 Å². The van der Waals surface area contributed by atoms with E-state index in [1.807, 2.05) is 31.2 Å². The molecule has 1 heterocycles. The quantitative estimate of drug-likeness (QED) is 0.840. The molecule has 2 rings (SSSR count). The zero-order valence-corrected chi connectivity index (χ0v) is 11.1. The molecule has 0 saturated carbocycles. The van der Waals surface area contributed by atoms with Crippen LogP contribution in [0.3, 0.4) is 0 Å². The SMILES string of the molecule is COCCNC(=O)c1ccc(-c2ccco2)c(C)c1. The molecule has 100 valence electrons. The second-order valence-electron chi connectivity index (χ2n) is 4.26. The van der Waals surface area contributed by atoms with Crippen LogP contribution in [0.15, 0.2) is 41.0 Å². The molecular weight excluding hydrogens is 242 g/mol. The van der Waals surface area contributed by atoms with E-state index in [4.69, 9.17) is 9.15 Å². The van der Waals surface area contributed by atoms with Crippen LogP contribution in [-0.4, -0.2) is 26.2 Å². The average molecular weight is 259 g/mol. The first-order chi connectivity index (χ1) is 9.22. The van der Waals surface area contributed by atoms with Crippen molar-refractivity contribution >= 4 is 5.91 Å². The highest BCUT2D eigenvalue weighted by molar-refractivity contribution is 5.95. The van der Waals surface area contributed by atoms with E-state index >= 15 is 0 Å². The molecule has 2 aromatic rings.